The van der Waals surface area contributed by atoms with E-state index in [1.807, 2.05) is 24.3 Å². The number of rotatable bonds is 8. The largest absolute Gasteiger partial charge is 0.489 e. The molecule has 2 N–H and O–H groups in total. The van der Waals surface area contributed by atoms with Gasteiger partial charge in [-0.15, -0.1) is 0 Å². The van der Waals surface area contributed by atoms with Crippen LogP contribution in [0.3, 0.4) is 0 Å². The van der Waals surface area contributed by atoms with Gasteiger partial charge in [0.05, 0.1) is 16.6 Å². The van der Waals surface area contributed by atoms with Gasteiger partial charge in [0, 0.05) is 41.8 Å². The summed E-state index contributed by atoms with van der Waals surface area (Å²) in [6.07, 6.45) is 7.15. The van der Waals surface area contributed by atoms with E-state index in [4.69, 9.17) is 9.47 Å². The maximum Gasteiger partial charge on any atom is 0.326 e. The van der Waals surface area contributed by atoms with Crippen LogP contribution in [0.2, 0.25) is 0 Å². The van der Waals surface area contributed by atoms with E-state index in [9.17, 15) is 15.2 Å². The summed E-state index contributed by atoms with van der Waals surface area (Å²) in [5.74, 6) is 1.55. The van der Waals surface area contributed by atoms with Gasteiger partial charge in [0.15, 0.2) is 0 Å². The number of benzene rings is 2. The zero-order valence-corrected chi connectivity index (χ0v) is 21.0. The number of amides is 1. The number of nitrogens with zero attached hydrogens (tertiary/aromatic N) is 4. The summed E-state index contributed by atoms with van der Waals surface area (Å²) in [4.78, 5) is 19.2. The van der Waals surface area contributed by atoms with Gasteiger partial charge in [-0.25, -0.2) is 4.79 Å². The number of carbonyl (C=O) groups is 1. The summed E-state index contributed by atoms with van der Waals surface area (Å²) >= 11 is 0. The molecule has 1 aliphatic carbocycles. The van der Waals surface area contributed by atoms with Crippen molar-refractivity contribution in [3.8, 4) is 23.3 Å². The van der Waals surface area contributed by atoms with E-state index in [1.54, 1.807) is 35.2 Å². The number of likely N-dealkylation sites (tertiary alicyclic amines) is 1. The van der Waals surface area contributed by atoms with Crippen LogP contribution in [0, 0.1) is 11.3 Å². The molecule has 2 aromatic carbocycles. The first kappa shape index (κ1) is 24.2. The van der Waals surface area contributed by atoms with Crippen LogP contribution in [0.25, 0.3) is 21.8 Å². The zero-order valence-electron chi connectivity index (χ0n) is 21.0. The Bertz CT molecular complexity index is 1530. The van der Waals surface area contributed by atoms with Gasteiger partial charge in [-0.2, -0.15) is 5.26 Å². The summed E-state index contributed by atoms with van der Waals surface area (Å²) in [7, 11) is 0. The molecule has 0 radical (unpaired) electrons. The van der Waals surface area contributed by atoms with Gasteiger partial charge in [0.25, 0.3) is 0 Å². The number of nitriles is 1. The van der Waals surface area contributed by atoms with Crippen molar-refractivity contribution in [3.05, 3.63) is 60.4 Å². The van der Waals surface area contributed by atoms with E-state index in [2.05, 4.69) is 21.3 Å². The van der Waals surface area contributed by atoms with Crippen LogP contribution >= 0.6 is 0 Å². The standard InChI is InChI=1S/C29H29N5O4/c30-16-20-14-24-25(15-28(20)37-18-22(35)17-33-10-1-2-11-33)31-9-7-27(24)38-23-5-6-26-19(13-23)8-12-34(26)29(36)32-21-3-4-21/h5-9,12-15,21-22,35H,1-4,10-11,17-18H2,(H,32,36)/t22-/m0/s1. The normalized spacial score (nSPS) is 16.4. The van der Waals surface area contributed by atoms with Crippen molar-refractivity contribution in [2.45, 2.75) is 37.8 Å². The monoisotopic (exact) mass is 511 g/mol. The number of aromatic nitrogens is 2. The predicted octanol–water partition coefficient (Wildman–Crippen LogP) is 4.41. The predicted molar refractivity (Wildman–Crippen MR) is 143 cm³/mol. The molecule has 38 heavy (non-hydrogen) atoms. The number of nitrogens with one attached hydrogen (secondary N) is 1. The lowest BCUT2D eigenvalue weighted by Crippen LogP contribution is -2.33. The SMILES string of the molecule is N#Cc1cc2c(Oc3ccc4c(ccn4C(=O)NC4CC4)c3)ccnc2cc1OC[C@@H](O)CN1CCCC1. The molecule has 2 fully saturated rings. The quantitative estimate of drug-likeness (QED) is 0.360. The Hall–Kier alpha value is -4.13. The number of fused-ring (bicyclic) bond motifs is 2. The minimum atomic E-state index is -0.637. The summed E-state index contributed by atoms with van der Waals surface area (Å²) in [6, 6.07) is 15.0. The minimum Gasteiger partial charge on any atom is -0.489 e. The molecule has 194 valence electrons. The Balaban J connectivity index is 1.20. The highest BCUT2D eigenvalue weighted by Gasteiger charge is 2.24. The third kappa shape index (κ3) is 5.14. The number of aliphatic hydroxyl groups is 1. The summed E-state index contributed by atoms with van der Waals surface area (Å²) in [6.45, 7) is 2.66. The van der Waals surface area contributed by atoms with Gasteiger partial charge >= 0.3 is 6.03 Å². The molecule has 1 saturated heterocycles. The summed E-state index contributed by atoms with van der Waals surface area (Å²) in [5, 5.41) is 24.7. The van der Waals surface area contributed by atoms with E-state index in [0.29, 0.717) is 40.3 Å². The lowest BCUT2D eigenvalue weighted by Gasteiger charge is -2.20. The molecular formula is C29H29N5O4. The Labute approximate surface area is 220 Å². The van der Waals surface area contributed by atoms with Crippen molar-refractivity contribution in [1.29, 1.82) is 5.26 Å². The van der Waals surface area contributed by atoms with Gasteiger partial charge in [-0.05, 0) is 75.2 Å². The lowest BCUT2D eigenvalue weighted by molar-refractivity contribution is 0.0758. The molecule has 1 aliphatic heterocycles. The second-order valence-electron chi connectivity index (χ2n) is 9.99. The van der Waals surface area contributed by atoms with Gasteiger partial charge in [-0.3, -0.25) is 9.55 Å². The molecule has 9 nitrogen and oxygen atoms in total. The first-order chi connectivity index (χ1) is 18.6. The van der Waals surface area contributed by atoms with Crippen molar-refractivity contribution in [1.82, 2.24) is 19.8 Å². The highest BCUT2D eigenvalue weighted by molar-refractivity contribution is 5.93. The molecule has 2 aromatic heterocycles. The van der Waals surface area contributed by atoms with Gasteiger partial charge in [0.2, 0.25) is 0 Å². The second-order valence-corrected chi connectivity index (χ2v) is 9.99. The average Bonchev–Trinajstić information content (AvgIpc) is 3.40. The highest BCUT2D eigenvalue weighted by atomic mass is 16.5. The Morgan fingerprint density at radius 2 is 2.00 bits per heavy atom. The molecule has 1 amide bonds. The van der Waals surface area contributed by atoms with Crippen LogP contribution in [-0.4, -0.2) is 64.0 Å². The first-order valence-electron chi connectivity index (χ1n) is 13.0. The maximum atomic E-state index is 12.5. The topological polar surface area (TPSA) is 113 Å². The van der Waals surface area contributed by atoms with Crippen LogP contribution < -0.4 is 14.8 Å². The summed E-state index contributed by atoms with van der Waals surface area (Å²) < 4.78 is 13.7. The van der Waals surface area contributed by atoms with Gasteiger partial charge in [-0.1, -0.05) is 0 Å². The number of hydrogen-bond acceptors (Lipinski definition) is 7. The van der Waals surface area contributed by atoms with Crippen molar-refractivity contribution < 1.29 is 19.4 Å². The highest BCUT2D eigenvalue weighted by Crippen LogP contribution is 2.34. The van der Waals surface area contributed by atoms with Crippen molar-refractivity contribution in [3.63, 3.8) is 0 Å². The molecule has 0 unspecified atom stereocenters. The molecule has 2 aliphatic rings. The van der Waals surface area contributed by atoms with Crippen LogP contribution in [-0.2, 0) is 0 Å². The molecule has 1 saturated carbocycles. The van der Waals surface area contributed by atoms with Crippen LogP contribution in [0.4, 0.5) is 4.79 Å². The van der Waals surface area contributed by atoms with Crippen molar-refractivity contribution in [2.24, 2.45) is 0 Å². The molecule has 4 aromatic rings. The maximum absolute atomic E-state index is 12.5. The number of aliphatic hydroxyl groups excluding tert-OH is 1. The van der Waals surface area contributed by atoms with Crippen LogP contribution in [0.1, 0.15) is 31.2 Å². The van der Waals surface area contributed by atoms with Crippen molar-refractivity contribution >= 4 is 27.8 Å². The number of carbonyl (C=O) groups excluding carboxylic acids is 1. The molecule has 3 heterocycles. The molecular weight excluding hydrogens is 482 g/mol. The Morgan fingerprint density at radius 3 is 2.79 bits per heavy atom. The fourth-order valence-corrected chi connectivity index (χ4v) is 4.91. The van der Waals surface area contributed by atoms with Crippen molar-refractivity contribution in [2.75, 3.05) is 26.2 Å². The fraction of sp³-hybridized carbons (Fsp3) is 0.345. The molecule has 1 atom stereocenters. The number of ether oxygens (including phenoxy) is 2. The Kier molecular flexibility index (Phi) is 6.58. The van der Waals surface area contributed by atoms with Crippen LogP contribution in [0.15, 0.2) is 54.9 Å². The third-order valence-corrected chi connectivity index (χ3v) is 7.04. The molecule has 6 rings (SSSR count). The molecule has 0 spiro atoms. The van der Waals surface area contributed by atoms with Gasteiger partial charge in [0.1, 0.15) is 36.0 Å². The van der Waals surface area contributed by atoms with Crippen LogP contribution in [0.5, 0.6) is 17.2 Å². The number of hydrogen-bond donors (Lipinski definition) is 2. The molecule has 9 heteroatoms. The number of β-amino-alcohol motifs (C(OH)–C–C–N with tert-alkyl or cyclic N) is 1. The average molecular weight is 512 g/mol. The first-order valence-corrected chi connectivity index (χ1v) is 13.0. The second kappa shape index (κ2) is 10.3. The van der Waals surface area contributed by atoms with E-state index < -0.39 is 6.10 Å². The van der Waals surface area contributed by atoms with E-state index in [1.165, 1.54) is 0 Å². The zero-order chi connectivity index (χ0) is 26.1. The summed E-state index contributed by atoms with van der Waals surface area (Å²) in [5.41, 5.74) is 1.77. The van der Waals surface area contributed by atoms with Gasteiger partial charge < -0.3 is 24.8 Å². The van der Waals surface area contributed by atoms with E-state index in [-0.39, 0.29) is 18.7 Å². The Morgan fingerprint density at radius 1 is 1.16 bits per heavy atom. The lowest BCUT2D eigenvalue weighted by atomic mass is 10.1. The molecule has 0 bridgehead atoms. The fourth-order valence-electron chi connectivity index (χ4n) is 4.91. The number of pyridine rings is 1. The minimum absolute atomic E-state index is 0.102. The smallest absolute Gasteiger partial charge is 0.326 e. The third-order valence-electron chi connectivity index (χ3n) is 7.04. The van der Waals surface area contributed by atoms with E-state index in [0.717, 1.165) is 49.7 Å². The van der Waals surface area contributed by atoms with E-state index >= 15 is 0 Å².